The Labute approximate surface area is 157 Å². The number of aliphatic imine (C=N–C) groups is 1. The fourth-order valence-corrected chi connectivity index (χ4v) is 2.56. The van der Waals surface area contributed by atoms with Gasteiger partial charge in [0, 0.05) is 35.7 Å². The van der Waals surface area contributed by atoms with Crippen LogP contribution in [-0.4, -0.2) is 30.1 Å². The number of hydrogen-bond acceptors (Lipinski definition) is 8. The predicted molar refractivity (Wildman–Crippen MR) is 108 cm³/mol. The highest BCUT2D eigenvalue weighted by Gasteiger charge is 2.11. The van der Waals surface area contributed by atoms with Crippen molar-refractivity contribution in [3.05, 3.63) is 36.0 Å². The monoisotopic (exact) mass is 372 g/mol. The highest BCUT2D eigenvalue weighted by molar-refractivity contribution is 5.97. The van der Waals surface area contributed by atoms with Gasteiger partial charge in [-0.15, -0.1) is 0 Å². The minimum Gasteiger partial charge on any atom is -0.508 e. The van der Waals surface area contributed by atoms with E-state index in [4.69, 9.17) is 20.9 Å². The lowest BCUT2D eigenvalue weighted by molar-refractivity contribution is 0.409. The number of phenols is 2. The molecule has 0 unspecified atom stereocenters. The van der Waals surface area contributed by atoms with Gasteiger partial charge < -0.3 is 36.5 Å². The number of hydrogen-bond donors (Lipinski definition) is 5. The molecule has 144 valence electrons. The van der Waals surface area contributed by atoms with E-state index in [2.05, 4.69) is 10.3 Å². The zero-order chi connectivity index (χ0) is 20.1. The van der Waals surface area contributed by atoms with E-state index in [1.165, 1.54) is 38.5 Å². The van der Waals surface area contributed by atoms with Gasteiger partial charge in [-0.05, 0) is 19.9 Å². The van der Waals surface area contributed by atoms with Crippen LogP contribution < -0.4 is 26.3 Å². The molecule has 0 radical (unpaired) electrons. The summed E-state index contributed by atoms with van der Waals surface area (Å²) in [5, 5.41) is 22.4. The van der Waals surface area contributed by atoms with Gasteiger partial charge in [0.1, 0.15) is 34.4 Å². The van der Waals surface area contributed by atoms with Crippen molar-refractivity contribution in [2.75, 3.05) is 31.0 Å². The van der Waals surface area contributed by atoms with E-state index in [1.807, 2.05) is 6.92 Å². The van der Waals surface area contributed by atoms with E-state index < -0.39 is 0 Å². The lowest BCUT2D eigenvalue weighted by Gasteiger charge is -2.14. The van der Waals surface area contributed by atoms with Gasteiger partial charge in [-0.3, -0.25) is 0 Å². The number of nitrogens with one attached hydrogen (secondary N) is 1. The van der Waals surface area contributed by atoms with Crippen molar-refractivity contribution in [2.45, 2.75) is 13.8 Å². The van der Waals surface area contributed by atoms with E-state index in [-0.39, 0.29) is 11.5 Å². The third-order valence-corrected chi connectivity index (χ3v) is 3.68. The minimum absolute atomic E-state index is 0.00393. The van der Waals surface area contributed by atoms with Crippen LogP contribution in [0.1, 0.15) is 13.8 Å². The third kappa shape index (κ3) is 4.75. The van der Waals surface area contributed by atoms with Gasteiger partial charge in [0.05, 0.1) is 25.6 Å². The molecule has 8 nitrogen and oxygen atoms in total. The van der Waals surface area contributed by atoms with Gasteiger partial charge in [0.25, 0.3) is 0 Å². The molecule has 2 aromatic rings. The summed E-state index contributed by atoms with van der Waals surface area (Å²) in [7, 11) is 2.97. The van der Waals surface area contributed by atoms with Crippen LogP contribution in [0, 0.1) is 0 Å². The van der Waals surface area contributed by atoms with Gasteiger partial charge in [0.2, 0.25) is 0 Å². The maximum atomic E-state index is 9.62. The highest BCUT2D eigenvalue weighted by Crippen LogP contribution is 2.38. The molecule has 2 aromatic carbocycles. The summed E-state index contributed by atoms with van der Waals surface area (Å²) >= 11 is 0. The van der Waals surface area contributed by atoms with Crippen molar-refractivity contribution >= 4 is 28.5 Å². The summed E-state index contributed by atoms with van der Waals surface area (Å²) in [6, 6.07) is 5.75. The molecule has 0 aromatic heterocycles. The molecule has 0 saturated heterocycles. The standard InChI is InChI=1S/C19H24N4O4/c1-10(22-18-14(20)6-12(24)8-16(18)26-3)5-11(2)23-19-15(21)7-13(25)9-17(19)27-4/h5-9,22,24-25H,20-21H2,1-4H3/b10-5-,23-11?. The number of aromatic hydroxyl groups is 2. The summed E-state index contributed by atoms with van der Waals surface area (Å²) in [4.78, 5) is 4.47. The van der Waals surface area contributed by atoms with Crippen LogP contribution in [-0.2, 0) is 0 Å². The lowest BCUT2D eigenvalue weighted by atomic mass is 10.2. The maximum Gasteiger partial charge on any atom is 0.150 e. The summed E-state index contributed by atoms with van der Waals surface area (Å²) in [5.41, 5.74) is 14.9. The molecule has 0 aliphatic carbocycles. The van der Waals surface area contributed by atoms with E-state index in [1.54, 1.807) is 13.0 Å². The smallest absolute Gasteiger partial charge is 0.150 e. The number of nitrogens with two attached hydrogens (primary N) is 2. The topological polar surface area (TPSA) is 135 Å². The minimum atomic E-state index is 0.00393. The fourth-order valence-electron chi connectivity index (χ4n) is 2.56. The van der Waals surface area contributed by atoms with Crippen molar-refractivity contribution in [3.63, 3.8) is 0 Å². The molecular weight excluding hydrogens is 348 g/mol. The van der Waals surface area contributed by atoms with Gasteiger partial charge in [-0.25, -0.2) is 4.99 Å². The Balaban J connectivity index is 2.33. The van der Waals surface area contributed by atoms with Crippen molar-refractivity contribution < 1.29 is 19.7 Å². The quantitative estimate of drug-likeness (QED) is 0.298. The maximum absolute atomic E-state index is 9.62. The van der Waals surface area contributed by atoms with Crippen LogP contribution in [0.15, 0.2) is 41.0 Å². The average molecular weight is 372 g/mol. The Kier molecular flexibility index (Phi) is 6.02. The van der Waals surface area contributed by atoms with Gasteiger partial charge in [-0.2, -0.15) is 0 Å². The molecule has 0 saturated carbocycles. The van der Waals surface area contributed by atoms with E-state index in [0.29, 0.717) is 40.0 Å². The number of methoxy groups -OCH3 is 2. The SMILES string of the molecule is COc1cc(O)cc(N)c1N=C(C)/C=C(/C)Nc1c(N)cc(O)cc1OC. The Morgan fingerprint density at radius 2 is 1.52 bits per heavy atom. The van der Waals surface area contributed by atoms with Crippen LogP contribution in [0.4, 0.5) is 22.7 Å². The third-order valence-electron chi connectivity index (χ3n) is 3.68. The first-order valence-electron chi connectivity index (χ1n) is 8.08. The van der Waals surface area contributed by atoms with E-state index >= 15 is 0 Å². The first-order chi connectivity index (χ1) is 12.7. The average Bonchev–Trinajstić information content (AvgIpc) is 2.58. The summed E-state index contributed by atoms with van der Waals surface area (Å²) < 4.78 is 10.5. The van der Waals surface area contributed by atoms with Crippen molar-refractivity contribution in [3.8, 4) is 23.0 Å². The normalized spacial score (nSPS) is 12.0. The first-order valence-corrected chi connectivity index (χ1v) is 8.08. The molecular formula is C19H24N4O4. The number of anilines is 3. The highest BCUT2D eigenvalue weighted by atomic mass is 16.5. The van der Waals surface area contributed by atoms with Crippen LogP contribution in [0.2, 0.25) is 0 Å². The molecule has 0 amide bonds. The Morgan fingerprint density at radius 3 is 2.11 bits per heavy atom. The molecule has 8 heteroatoms. The molecule has 0 atom stereocenters. The molecule has 0 spiro atoms. The lowest BCUT2D eigenvalue weighted by Crippen LogP contribution is -2.04. The number of allylic oxidation sites excluding steroid dienone is 2. The summed E-state index contributed by atoms with van der Waals surface area (Å²) in [6.07, 6.45) is 1.79. The number of ether oxygens (including phenoxy) is 2. The van der Waals surface area contributed by atoms with Crippen LogP contribution >= 0.6 is 0 Å². The second-order valence-electron chi connectivity index (χ2n) is 5.90. The molecule has 27 heavy (non-hydrogen) atoms. The predicted octanol–water partition coefficient (Wildman–Crippen LogP) is 3.39. The zero-order valence-electron chi connectivity index (χ0n) is 15.7. The largest absolute Gasteiger partial charge is 0.508 e. The van der Waals surface area contributed by atoms with E-state index in [0.717, 1.165) is 5.70 Å². The van der Waals surface area contributed by atoms with Crippen molar-refractivity contribution in [2.24, 2.45) is 4.99 Å². The fraction of sp³-hybridized carbons (Fsp3) is 0.211. The first kappa shape index (κ1) is 19.8. The van der Waals surface area contributed by atoms with Crippen molar-refractivity contribution in [1.29, 1.82) is 0 Å². The van der Waals surface area contributed by atoms with Gasteiger partial charge >= 0.3 is 0 Å². The van der Waals surface area contributed by atoms with Gasteiger partial charge in [-0.1, -0.05) is 0 Å². The second kappa shape index (κ2) is 8.22. The number of nitrogens with zero attached hydrogens (tertiary/aromatic N) is 1. The number of benzene rings is 2. The van der Waals surface area contributed by atoms with Crippen molar-refractivity contribution in [1.82, 2.24) is 0 Å². The summed E-state index contributed by atoms with van der Waals surface area (Å²) in [5.74, 6) is 0.808. The molecule has 0 heterocycles. The van der Waals surface area contributed by atoms with Crippen LogP contribution in [0.3, 0.4) is 0 Å². The molecule has 0 fully saturated rings. The zero-order valence-corrected chi connectivity index (χ0v) is 15.7. The Bertz CT molecular complexity index is 907. The molecule has 0 aliphatic rings. The van der Waals surface area contributed by atoms with E-state index in [9.17, 15) is 10.2 Å². The molecule has 7 N–H and O–H groups in total. The number of nitrogen functional groups attached to an aromatic ring is 2. The molecule has 0 bridgehead atoms. The molecule has 2 rings (SSSR count). The Morgan fingerprint density at radius 1 is 0.963 bits per heavy atom. The summed E-state index contributed by atoms with van der Waals surface area (Å²) in [6.45, 7) is 3.64. The number of rotatable bonds is 6. The van der Waals surface area contributed by atoms with Crippen LogP contribution in [0.25, 0.3) is 0 Å². The molecule has 0 aliphatic heterocycles. The number of phenolic OH excluding ortho intramolecular Hbond substituents is 2. The Hall–Kier alpha value is -3.55. The second-order valence-corrected chi connectivity index (χ2v) is 5.90. The van der Waals surface area contributed by atoms with Crippen LogP contribution in [0.5, 0.6) is 23.0 Å². The van der Waals surface area contributed by atoms with Gasteiger partial charge in [0.15, 0.2) is 0 Å².